The van der Waals surface area contributed by atoms with Gasteiger partial charge in [-0.15, -0.1) is 11.8 Å². The van der Waals surface area contributed by atoms with E-state index in [1.54, 1.807) is 30.1 Å². The van der Waals surface area contributed by atoms with Gasteiger partial charge in [-0.3, -0.25) is 0 Å². The number of halogens is 1. The highest BCUT2D eigenvalue weighted by atomic mass is 32.2. The third kappa shape index (κ3) is 3.79. The van der Waals surface area contributed by atoms with Crippen molar-refractivity contribution in [3.05, 3.63) is 53.5 Å². The monoisotopic (exact) mass is 347 g/mol. The van der Waals surface area contributed by atoms with Crippen LogP contribution in [0, 0.1) is 5.82 Å². The van der Waals surface area contributed by atoms with Crippen molar-refractivity contribution in [2.45, 2.75) is 23.9 Å². The van der Waals surface area contributed by atoms with Crippen LogP contribution in [-0.4, -0.2) is 23.9 Å². The van der Waals surface area contributed by atoms with Crippen LogP contribution in [0.15, 0.2) is 41.4 Å². The number of methoxy groups -OCH3 is 1. The summed E-state index contributed by atoms with van der Waals surface area (Å²) in [5.41, 5.74) is 1.63. The summed E-state index contributed by atoms with van der Waals surface area (Å²) in [5.74, 6) is 1.09. The second-order valence-corrected chi connectivity index (χ2v) is 6.51. The first-order valence-electron chi connectivity index (χ1n) is 7.62. The van der Waals surface area contributed by atoms with E-state index in [0.717, 1.165) is 28.2 Å². The van der Waals surface area contributed by atoms with Gasteiger partial charge in [-0.05, 0) is 36.2 Å². The fourth-order valence-electron chi connectivity index (χ4n) is 2.64. The fraction of sp³-hybridized carbons (Fsp3) is 0.294. The van der Waals surface area contributed by atoms with Crippen molar-refractivity contribution in [2.24, 2.45) is 0 Å². The lowest BCUT2D eigenvalue weighted by Crippen LogP contribution is -2.38. The molecule has 126 valence electrons. The molecule has 7 heteroatoms. The highest BCUT2D eigenvalue weighted by molar-refractivity contribution is 7.99. The Hall–Kier alpha value is -2.28. The smallest absolute Gasteiger partial charge is 0.315 e. The van der Waals surface area contributed by atoms with E-state index in [2.05, 4.69) is 15.6 Å². The summed E-state index contributed by atoms with van der Waals surface area (Å²) in [5, 5.41) is 5.71. The van der Waals surface area contributed by atoms with Crippen LogP contribution in [0.25, 0.3) is 0 Å². The number of carbonyl (C=O) groups is 1. The summed E-state index contributed by atoms with van der Waals surface area (Å²) in [6, 6.07) is 7.85. The lowest BCUT2D eigenvalue weighted by Gasteiger charge is -2.26. The average Bonchev–Trinajstić information content (AvgIpc) is 2.60. The molecule has 0 fully saturated rings. The third-order valence-electron chi connectivity index (χ3n) is 3.80. The lowest BCUT2D eigenvalue weighted by atomic mass is 10.0. The van der Waals surface area contributed by atoms with Crippen LogP contribution in [-0.2, 0) is 6.54 Å². The summed E-state index contributed by atoms with van der Waals surface area (Å²) in [6.07, 6.45) is 2.40. The van der Waals surface area contributed by atoms with Crippen LogP contribution in [0.1, 0.15) is 23.6 Å². The van der Waals surface area contributed by atoms with Gasteiger partial charge in [0.2, 0.25) is 5.88 Å². The molecule has 0 unspecified atom stereocenters. The number of aromatic nitrogens is 1. The molecule has 5 nitrogen and oxygen atoms in total. The van der Waals surface area contributed by atoms with Crippen LogP contribution in [0.3, 0.4) is 0 Å². The number of fused-ring (bicyclic) bond motifs is 1. The molecular formula is C17H18FN3O2S. The summed E-state index contributed by atoms with van der Waals surface area (Å²) in [6.45, 7) is 0.306. The topological polar surface area (TPSA) is 63.2 Å². The van der Waals surface area contributed by atoms with Crippen molar-refractivity contribution in [3.63, 3.8) is 0 Å². The molecule has 2 amide bonds. The fourth-order valence-corrected chi connectivity index (χ4v) is 3.75. The van der Waals surface area contributed by atoms with Gasteiger partial charge in [0, 0.05) is 29.0 Å². The van der Waals surface area contributed by atoms with E-state index in [4.69, 9.17) is 4.74 Å². The molecule has 0 bridgehead atoms. The quantitative estimate of drug-likeness (QED) is 0.891. The van der Waals surface area contributed by atoms with Crippen LogP contribution in [0.5, 0.6) is 5.88 Å². The first-order chi connectivity index (χ1) is 11.7. The van der Waals surface area contributed by atoms with E-state index < -0.39 is 0 Å². The van der Waals surface area contributed by atoms with Gasteiger partial charge >= 0.3 is 6.03 Å². The summed E-state index contributed by atoms with van der Waals surface area (Å²) in [7, 11) is 1.54. The predicted molar refractivity (Wildman–Crippen MR) is 90.6 cm³/mol. The standard InChI is InChI=1S/C17H18FN3O2S/c1-23-16-11(3-2-7-19-16)10-20-17(22)21-14-6-8-24-15-5-4-12(18)9-13(14)15/h2-5,7,9,14H,6,8,10H2,1H3,(H2,20,21,22)/t14-/m1/s1. The number of hydrogen-bond acceptors (Lipinski definition) is 4. The van der Waals surface area contributed by atoms with Crippen molar-refractivity contribution in [1.29, 1.82) is 0 Å². The molecule has 1 atom stereocenters. The average molecular weight is 347 g/mol. The number of pyridine rings is 1. The Morgan fingerprint density at radius 1 is 1.46 bits per heavy atom. The van der Waals surface area contributed by atoms with E-state index >= 15 is 0 Å². The van der Waals surface area contributed by atoms with Crippen molar-refractivity contribution in [3.8, 4) is 5.88 Å². The van der Waals surface area contributed by atoms with Crippen LogP contribution >= 0.6 is 11.8 Å². The molecule has 1 aromatic carbocycles. The molecule has 2 aromatic rings. The number of carbonyl (C=O) groups excluding carboxylic acids is 1. The molecule has 0 spiro atoms. The molecule has 2 heterocycles. The molecular weight excluding hydrogens is 329 g/mol. The molecule has 0 aliphatic carbocycles. The van der Waals surface area contributed by atoms with Gasteiger partial charge in [0.05, 0.1) is 13.2 Å². The van der Waals surface area contributed by atoms with Gasteiger partial charge in [0.1, 0.15) is 5.82 Å². The minimum atomic E-state index is -0.298. The Morgan fingerprint density at radius 2 is 2.33 bits per heavy atom. The van der Waals surface area contributed by atoms with Crippen LogP contribution in [0.2, 0.25) is 0 Å². The van der Waals surface area contributed by atoms with Gasteiger partial charge in [-0.1, -0.05) is 6.07 Å². The minimum absolute atomic E-state index is 0.187. The molecule has 1 aromatic heterocycles. The number of urea groups is 1. The van der Waals surface area contributed by atoms with Gasteiger partial charge in [0.25, 0.3) is 0 Å². The maximum Gasteiger partial charge on any atom is 0.315 e. The Morgan fingerprint density at radius 3 is 3.17 bits per heavy atom. The van der Waals surface area contributed by atoms with Crippen molar-refractivity contribution in [1.82, 2.24) is 15.6 Å². The number of nitrogens with one attached hydrogen (secondary N) is 2. The zero-order valence-electron chi connectivity index (χ0n) is 13.2. The number of ether oxygens (including phenoxy) is 1. The number of thioether (sulfide) groups is 1. The third-order valence-corrected chi connectivity index (χ3v) is 4.92. The second kappa shape index (κ2) is 7.53. The predicted octanol–water partition coefficient (Wildman–Crippen LogP) is 3.27. The molecule has 1 aliphatic rings. The largest absolute Gasteiger partial charge is 0.481 e. The van der Waals surface area contributed by atoms with Gasteiger partial charge in [-0.2, -0.15) is 0 Å². The van der Waals surface area contributed by atoms with Gasteiger partial charge < -0.3 is 15.4 Å². The highest BCUT2D eigenvalue weighted by Gasteiger charge is 2.22. The number of amides is 2. The van der Waals surface area contributed by atoms with Crippen LogP contribution in [0.4, 0.5) is 9.18 Å². The molecule has 3 rings (SSSR count). The maximum absolute atomic E-state index is 13.5. The molecule has 24 heavy (non-hydrogen) atoms. The highest BCUT2D eigenvalue weighted by Crippen LogP contribution is 2.36. The summed E-state index contributed by atoms with van der Waals surface area (Å²) < 4.78 is 18.7. The van der Waals surface area contributed by atoms with E-state index in [-0.39, 0.29) is 17.9 Å². The van der Waals surface area contributed by atoms with Crippen molar-refractivity contribution >= 4 is 17.8 Å². The number of rotatable bonds is 4. The second-order valence-electron chi connectivity index (χ2n) is 5.37. The van der Waals surface area contributed by atoms with Crippen molar-refractivity contribution < 1.29 is 13.9 Å². The number of hydrogen-bond donors (Lipinski definition) is 2. The van der Waals surface area contributed by atoms with E-state index in [9.17, 15) is 9.18 Å². The normalized spacial score (nSPS) is 16.2. The van der Waals surface area contributed by atoms with Crippen LogP contribution < -0.4 is 15.4 Å². The zero-order chi connectivity index (χ0) is 16.9. The molecule has 2 N–H and O–H groups in total. The number of nitrogens with zero attached hydrogens (tertiary/aromatic N) is 1. The number of benzene rings is 1. The van der Waals surface area contributed by atoms with Gasteiger partial charge in [-0.25, -0.2) is 14.2 Å². The Kier molecular flexibility index (Phi) is 5.20. The zero-order valence-corrected chi connectivity index (χ0v) is 14.0. The van der Waals surface area contributed by atoms with Gasteiger partial charge in [0.15, 0.2) is 0 Å². The first kappa shape index (κ1) is 16.6. The summed E-state index contributed by atoms with van der Waals surface area (Å²) in [4.78, 5) is 17.3. The maximum atomic E-state index is 13.5. The first-order valence-corrected chi connectivity index (χ1v) is 8.60. The molecule has 0 saturated heterocycles. The Bertz CT molecular complexity index is 742. The molecule has 0 saturated carbocycles. The van der Waals surface area contributed by atoms with Crippen molar-refractivity contribution in [2.75, 3.05) is 12.9 Å². The molecule has 1 aliphatic heterocycles. The molecule has 0 radical (unpaired) electrons. The van der Waals surface area contributed by atoms with E-state index in [1.807, 2.05) is 6.07 Å². The summed E-state index contributed by atoms with van der Waals surface area (Å²) >= 11 is 1.68. The Balaban J connectivity index is 1.63. The van der Waals surface area contributed by atoms with E-state index in [0.29, 0.717) is 12.4 Å². The van der Waals surface area contributed by atoms with E-state index in [1.165, 1.54) is 19.2 Å². The minimum Gasteiger partial charge on any atom is -0.481 e. The SMILES string of the molecule is COc1ncccc1CNC(=O)N[C@@H]1CCSc2ccc(F)cc21. The lowest BCUT2D eigenvalue weighted by molar-refractivity contribution is 0.236. The Labute approximate surface area is 144 Å².